The number of nitrogens with zero attached hydrogens (tertiary/aromatic N) is 2. The molecule has 2 aromatic carbocycles. The molecule has 3 rings (SSSR count). The van der Waals surface area contributed by atoms with Crippen molar-refractivity contribution in [3.8, 4) is 5.75 Å². The van der Waals surface area contributed by atoms with E-state index < -0.39 is 4.92 Å². The molecule has 3 aromatic rings. The minimum Gasteiger partial charge on any atom is -0.487 e. The zero-order valence-corrected chi connectivity index (χ0v) is 14.8. The summed E-state index contributed by atoms with van der Waals surface area (Å²) in [7, 11) is 0. The number of anilines is 1. The number of amides is 1. The first-order chi connectivity index (χ1) is 13.6. The van der Waals surface area contributed by atoms with Crippen molar-refractivity contribution in [1.29, 1.82) is 0 Å². The first-order valence-electron chi connectivity index (χ1n) is 8.46. The normalized spacial score (nSPS) is 10.6. The predicted octanol–water partition coefficient (Wildman–Crippen LogP) is 4.22. The van der Waals surface area contributed by atoms with Crippen LogP contribution in [0.15, 0.2) is 79.0 Å². The predicted molar refractivity (Wildman–Crippen MR) is 106 cm³/mol. The summed E-state index contributed by atoms with van der Waals surface area (Å²) in [5.74, 6) is 0.250. The SMILES string of the molecule is O=C(/C=C/c1cccc([N+](=O)[O-])c1)Nc1cccc(OCc2ccccn2)c1. The van der Waals surface area contributed by atoms with Gasteiger partial charge in [-0.25, -0.2) is 0 Å². The Hall–Kier alpha value is -4.00. The van der Waals surface area contributed by atoms with E-state index in [4.69, 9.17) is 4.74 Å². The second-order valence-electron chi connectivity index (χ2n) is 5.81. The maximum Gasteiger partial charge on any atom is 0.270 e. The molecule has 1 N–H and O–H groups in total. The molecule has 0 fully saturated rings. The van der Waals surface area contributed by atoms with Gasteiger partial charge in [-0.15, -0.1) is 0 Å². The molecule has 1 heterocycles. The van der Waals surface area contributed by atoms with Gasteiger partial charge in [0, 0.05) is 36.2 Å². The van der Waals surface area contributed by atoms with Crippen LogP contribution in [-0.2, 0) is 11.4 Å². The van der Waals surface area contributed by atoms with Crippen LogP contribution < -0.4 is 10.1 Å². The van der Waals surface area contributed by atoms with Gasteiger partial charge in [-0.05, 0) is 35.9 Å². The van der Waals surface area contributed by atoms with Crippen LogP contribution in [0.25, 0.3) is 6.08 Å². The fraction of sp³-hybridized carbons (Fsp3) is 0.0476. The van der Waals surface area contributed by atoms with Gasteiger partial charge in [0.2, 0.25) is 5.91 Å². The number of hydrogen-bond acceptors (Lipinski definition) is 5. The number of benzene rings is 2. The van der Waals surface area contributed by atoms with E-state index in [0.717, 1.165) is 5.69 Å². The number of nitro groups is 1. The molecule has 28 heavy (non-hydrogen) atoms. The molecule has 0 bridgehead atoms. The molecule has 0 unspecified atom stereocenters. The molecule has 0 saturated heterocycles. The number of carbonyl (C=O) groups is 1. The van der Waals surface area contributed by atoms with E-state index in [-0.39, 0.29) is 11.6 Å². The van der Waals surface area contributed by atoms with Crippen molar-refractivity contribution in [2.75, 3.05) is 5.32 Å². The smallest absolute Gasteiger partial charge is 0.270 e. The van der Waals surface area contributed by atoms with Gasteiger partial charge in [0.15, 0.2) is 0 Å². The number of non-ortho nitro benzene ring substituents is 1. The highest BCUT2D eigenvalue weighted by Crippen LogP contribution is 2.19. The minimum absolute atomic E-state index is 0.0275. The van der Waals surface area contributed by atoms with Crippen LogP contribution in [0.5, 0.6) is 5.75 Å². The van der Waals surface area contributed by atoms with E-state index in [1.54, 1.807) is 42.6 Å². The number of pyridine rings is 1. The largest absolute Gasteiger partial charge is 0.487 e. The number of nitro benzene ring substituents is 1. The van der Waals surface area contributed by atoms with Gasteiger partial charge in [-0.1, -0.05) is 24.3 Å². The highest BCUT2D eigenvalue weighted by Gasteiger charge is 2.05. The Morgan fingerprint density at radius 1 is 1.11 bits per heavy atom. The van der Waals surface area contributed by atoms with E-state index in [1.165, 1.54) is 24.3 Å². The van der Waals surface area contributed by atoms with E-state index in [9.17, 15) is 14.9 Å². The fourth-order valence-electron chi connectivity index (χ4n) is 2.40. The molecule has 0 aliphatic rings. The summed E-state index contributed by atoms with van der Waals surface area (Å²) < 4.78 is 5.68. The molecule has 0 aliphatic carbocycles. The van der Waals surface area contributed by atoms with Crippen molar-refractivity contribution in [3.05, 3.63) is 100 Å². The second-order valence-corrected chi connectivity index (χ2v) is 5.81. The Morgan fingerprint density at radius 2 is 1.96 bits per heavy atom. The Bertz CT molecular complexity index is 1000. The number of hydrogen-bond donors (Lipinski definition) is 1. The van der Waals surface area contributed by atoms with Crippen molar-refractivity contribution in [3.63, 3.8) is 0 Å². The summed E-state index contributed by atoms with van der Waals surface area (Å²) in [5, 5.41) is 13.5. The first kappa shape index (κ1) is 18.8. The van der Waals surface area contributed by atoms with Crippen LogP contribution >= 0.6 is 0 Å². The van der Waals surface area contributed by atoms with E-state index >= 15 is 0 Å². The molecular formula is C21H17N3O4. The summed E-state index contributed by atoms with van der Waals surface area (Å²) in [6.07, 6.45) is 4.53. The van der Waals surface area contributed by atoms with Gasteiger partial charge in [0.1, 0.15) is 12.4 Å². The van der Waals surface area contributed by atoms with Gasteiger partial charge in [-0.3, -0.25) is 19.9 Å². The third kappa shape index (κ3) is 5.50. The van der Waals surface area contributed by atoms with Crippen LogP contribution in [0.1, 0.15) is 11.3 Å². The molecular weight excluding hydrogens is 358 g/mol. The van der Waals surface area contributed by atoms with Gasteiger partial charge >= 0.3 is 0 Å². The lowest BCUT2D eigenvalue weighted by Crippen LogP contribution is -2.07. The molecule has 7 nitrogen and oxygen atoms in total. The summed E-state index contributed by atoms with van der Waals surface area (Å²) in [4.78, 5) is 26.6. The van der Waals surface area contributed by atoms with Crippen molar-refractivity contribution in [2.24, 2.45) is 0 Å². The topological polar surface area (TPSA) is 94.4 Å². The Morgan fingerprint density at radius 3 is 2.75 bits per heavy atom. The van der Waals surface area contributed by atoms with Gasteiger partial charge in [0.25, 0.3) is 5.69 Å². The van der Waals surface area contributed by atoms with Crippen LogP contribution in [0, 0.1) is 10.1 Å². The monoisotopic (exact) mass is 375 g/mol. The molecule has 7 heteroatoms. The Balaban J connectivity index is 1.59. The maximum absolute atomic E-state index is 12.1. The molecule has 0 aliphatic heterocycles. The third-order valence-corrected chi connectivity index (χ3v) is 3.72. The summed E-state index contributed by atoms with van der Waals surface area (Å²) in [6, 6.07) is 18.6. The standard InChI is InChI=1S/C21H17N3O4/c25-21(11-10-16-5-3-8-19(13-16)24(26)27)23-17-7-4-9-20(14-17)28-15-18-6-1-2-12-22-18/h1-14H,15H2,(H,23,25)/b11-10+. The van der Waals surface area contributed by atoms with Gasteiger partial charge in [-0.2, -0.15) is 0 Å². The molecule has 0 spiro atoms. The van der Waals surface area contributed by atoms with Crippen LogP contribution in [0.4, 0.5) is 11.4 Å². The zero-order valence-electron chi connectivity index (χ0n) is 14.8. The average molecular weight is 375 g/mol. The minimum atomic E-state index is -0.478. The number of aromatic nitrogens is 1. The number of rotatable bonds is 7. The lowest BCUT2D eigenvalue weighted by molar-refractivity contribution is -0.384. The van der Waals surface area contributed by atoms with Crippen LogP contribution in [-0.4, -0.2) is 15.8 Å². The van der Waals surface area contributed by atoms with Gasteiger partial charge < -0.3 is 10.1 Å². The Labute approximate surface area is 161 Å². The maximum atomic E-state index is 12.1. The first-order valence-corrected chi connectivity index (χ1v) is 8.46. The molecule has 1 aromatic heterocycles. The van der Waals surface area contributed by atoms with Crippen LogP contribution in [0.3, 0.4) is 0 Å². The van der Waals surface area contributed by atoms with E-state index in [0.29, 0.717) is 23.6 Å². The number of nitrogens with one attached hydrogen (secondary N) is 1. The fourth-order valence-corrected chi connectivity index (χ4v) is 2.40. The summed E-state index contributed by atoms with van der Waals surface area (Å²) >= 11 is 0. The molecule has 0 radical (unpaired) electrons. The van der Waals surface area contributed by atoms with Gasteiger partial charge in [0.05, 0.1) is 10.6 Å². The van der Waals surface area contributed by atoms with Crippen molar-refractivity contribution in [1.82, 2.24) is 4.98 Å². The number of carbonyl (C=O) groups excluding carboxylic acids is 1. The van der Waals surface area contributed by atoms with E-state index in [2.05, 4.69) is 10.3 Å². The molecule has 0 atom stereocenters. The average Bonchev–Trinajstić information content (AvgIpc) is 2.72. The summed E-state index contributed by atoms with van der Waals surface area (Å²) in [6.45, 7) is 0.324. The molecule has 140 valence electrons. The quantitative estimate of drug-likeness (QED) is 0.379. The highest BCUT2D eigenvalue weighted by atomic mass is 16.6. The lowest BCUT2D eigenvalue weighted by atomic mass is 10.2. The Kier molecular flexibility index (Phi) is 6.10. The molecule has 1 amide bonds. The highest BCUT2D eigenvalue weighted by molar-refractivity contribution is 6.02. The third-order valence-electron chi connectivity index (χ3n) is 3.72. The van der Waals surface area contributed by atoms with Crippen LogP contribution in [0.2, 0.25) is 0 Å². The van der Waals surface area contributed by atoms with Crippen molar-refractivity contribution < 1.29 is 14.5 Å². The van der Waals surface area contributed by atoms with Crippen molar-refractivity contribution >= 4 is 23.4 Å². The molecule has 0 saturated carbocycles. The zero-order chi connectivity index (χ0) is 19.8. The van der Waals surface area contributed by atoms with Crippen molar-refractivity contribution in [2.45, 2.75) is 6.61 Å². The second kappa shape index (κ2) is 9.09. The van der Waals surface area contributed by atoms with E-state index in [1.807, 2.05) is 18.2 Å². The lowest BCUT2D eigenvalue weighted by Gasteiger charge is -2.08. The number of ether oxygens (including phenoxy) is 1. The summed E-state index contributed by atoms with van der Waals surface area (Å²) in [5.41, 5.74) is 1.92.